The average molecular weight is 598 g/mol. The summed E-state index contributed by atoms with van der Waals surface area (Å²) < 4.78 is 28.9. The molecule has 3 aromatic rings. The van der Waals surface area contributed by atoms with E-state index in [0.717, 1.165) is 25.5 Å². The van der Waals surface area contributed by atoms with E-state index in [1.165, 1.54) is 17.7 Å². The third-order valence-electron chi connectivity index (χ3n) is 5.84. The standard InChI is InChI=1S/C26H27BrCl2N2O3S/c1-16-11-18(3)23(12-17(16)2)19(4)30-26(32)15-31(14-20-5-10-24(28)25(29)13-20)35(33,34)22-8-6-21(27)7-9-22/h5-13,19H,14-15H2,1-4H3,(H,30,32)/t19-/m0/s1. The maximum atomic E-state index is 13.5. The molecule has 1 N–H and O–H groups in total. The zero-order chi connectivity index (χ0) is 25.9. The van der Waals surface area contributed by atoms with Gasteiger partial charge >= 0.3 is 0 Å². The van der Waals surface area contributed by atoms with E-state index in [0.29, 0.717) is 15.6 Å². The lowest BCUT2D eigenvalue weighted by Crippen LogP contribution is -2.41. The van der Waals surface area contributed by atoms with Crippen molar-refractivity contribution in [1.29, 1.82) is 0 Å². The van der Waals surface area contributed by atoms with E-state index in [2.05, 4.69) is 33.4 Å². The second-order valence-electron chi connectivity index (χ2n) is 8.56. The third-order valence-corrected chi connectivity index (χ3v) is 8.91. The fourth-order valence-corrected chi connectivity index (χ4v) is 5.77. The molecular formula is C26H27BrCl2N2O3S. The molecule has 9 heteroatoms. The van der Waals surface area contributed by atoms with Crippen molar-refractivity contribution in [3.05, 3.63) is 96.9 Å². The smallest absolute Gasteiger partial charge is 0.243 e. The predicted molar refractivity (Wildman–Crippen MR) is 145 cm³/mol. The zero-order valence-corrected chi connectivity index (χ0v) is 23.8. The molecule has 0 heterocycles. The zero-order valence-electron chi connectivity index (χ0n) is 19.9. The number of nitrogens with one attached hydrogen (secondary N) is 1. The van der Waals surface area contributed by atoms with Crippen LogP contribution in [0.25, 0.3) is 0 Å². The van der Waals surface area contributed by atoms with Crippen LogP contribution in [-0.2, 0) is 21.4 Å². The number of sulfonamides is 1. The summed E-state index contributed by atoms with van der Waals surface area (Å²) in [5.74, 6) is -0.407. The van der Waals surface area contributed by atoms with Crippen LogP contribution in [0.3, 0.4) is 0 Å². The fraction of sp³-hybridized carbons (Fsp3) is 0.269. The summed E-state index contributed by atoms with van der Waals surface area (Å²) in [7, 11) is -3.98. The van der Waals surface area contributed by atoms with Gasteiger partial charge in [0.1, 0.15) is 0 Å². The van der Waals surface area contributed by atoms with Gasteiger partial charge in [-0.05, 0) is 91.9 Å². The minimum absolute atomic E-state index is 0.0419. The first-order valence-electron chi connectivity index (χ1n) is 10.9. The van der Waals surface area contributed by atoms with E-state index < -0.39 is 15.9 Å². The van der Waals surface area contributed by atoms with Crippen LogP contribution in [0.2, 0.25) is 10.0 Å². The summed E-state index contributed by atoms with van der Waals surface area (Å²) in [6, 6.07) is 15.1. The average Bonchev–Trinajstić information content (AvgIpc) is 2.78. The number of aryl methyl sites for hydroxylation is 3. The molecular weight excluding hydrogens is 571 g/mol. The van der Waals surface area contributed by atoms with Gasteiger partial charge in [0.25, 0.3) is 0 Å². The largest absolute Gasteiger partial charge is 0.348 e. The second kappa shape index (κ2) is 11.4. The molecule has 1 atom stereocenters. The monoisotopic (exact) mass is 596 g/mol. The molecule has 0 saturated carbocycles. The molecule has 0 fully saturated rings. The molecule has 0 aromatic heterocycles. The Kier molecular flexibility index (Phi) is 9.05. The van der Waals surface area contributed by atoms with Crippen LogP contribution < -0.4 is 5.32 Å². The van der Waals surface area contributed by atoms with Gasteiger partial charge in [-0.15, -0.1) is 0 Å². The maximum absolute atomic E-state index is 13.5. The molecule has 3 rings (SSSR count). The van der Waals surface area contributed by atoms with Crippen molar-refractivity contribution >= 4 is 55.1 Å². The maximum Gasteiger partial charge on any atom is 0.243 e. The van der Waals surface area contributed by atoms with Crippen molar-refractivity contribution in [1.82, 2.24) is 9.62 Å². The lowest BCUT2D eigenvalue weighted by molar-refractivity contribution is -0.122. The van der Waals surface area contributed by atoms with E-state index >= 15 is 0 Å². The summed E-state index contributed by atoms with van der Waals surface area (Å²) >= 11 is 15.5. The number of rotatable bonds is 8. The van der Waals surface area contributed by atoms with Gasteiger partial charge in [-0.3, -0.25) is 4.79 Å². The minimum Gasteiger partial charge on any atom is -0.348 e. The topological polar surface area (TPSA) is 66.5 Å². The Balaban J connectivity index is 1.88. The van der Waals surface area contributed by atoms with Crippen LogP contribution in [0.5, 0.6) is 0 Å². The van der Waals surface area contributed by atoms with Gasteiger partial charge in [-0.25, -0.2) is 8.42 Å². The van der Waals surface area contributed by atoms with E-state index in [9.17, 15) is 13.2 Å². The van der Waals surface area contributed by atoms with Gasteiger partial charge < -0.3 is 5.32 Å². The highest BCUT2D eigenvalue weighted by Gasteiger charge is 2.28. The Morgan fingerprint density at radius 2 is 1.57 bits per heavy atom. The van der Waals surface area contributed by atoms with E-state index in [4.69, 9.17) is 23.2 Å². The first-order valence-corrected chi connectivity index (χ1v) is 13.9. The van der Waals surface area contributed by atoms with Crippen LogP contribution in [0.1, 0.15) is 40.8 Å². The lowest BCUT2D eigenvalue weighted by atomic mass is 9.96. The number of benzene rings is 3. The quantitative estimate of drug-likeness (QED) is 0.312. The van der Waals surface area contributed by atoms with Crippen molar-refractivity contribution in [2.24, 2.45) is 0 Å². The molecule has 0 aliphatic rings. The van der Waals surface area contributed by atoms with E-state index in [1.807, 2.05) is 27.7 Å². The van der Waals surface area contributed by atoms with Gasteiger partial charge in [0.05, 0.1) is 27.5 Å². The van der Waals surface area contributed by atoms with E-state index in [1.54, 1.807) is 30.3 Å². The number of nitrogens with zero attached hydrogens (tertiary/aromatic N) is 1. The molecule has 0 spiro atoms. The van der Waals surface area contributed by atoms with Crippen LogP contribution >= 0.6 is 39.1 Å². The molecule has 35 heavy (non-hydrogen) atoms. The number of hydrogen-bond donors (Lipinski definition) is 1. The van der Waals surface area contributed by atoms with Gasteiger partial charge in [0.2, 0.25) is 15.9 Å². The number of halogens is 3. The Labute approximate surface area is 225 Å². The molecule has 0 bridgehead atoms. The Hall–Kier alpha value is -1.90. The molecule has 186 valence electrons. The number of carbonyl (C=O) groups excluding carboxylic acids is 1. The summed E-state index contributed by atoms with van der Waals surface area (Å²) in [6.45, 7) is 7.56. The van der Waals surface area contributed by atoms with Crippen molar-refractivity contribution in [3.8, 4) is 0 Å². The van der Waals surface area contributed by atoms with Crippen LogP contribution in [0, 0.1) is 20.8 Å². The predicted octanol–water partition coefficient (Wildman–Crippen LogP) is 6.75. The summed E-state index contributed by atoms with van der Waals surface area (Å²) in [5, 5.41) is 3.64. The molecule has 0 saturated heterocycles. The highest BCUT2D eigenvalue weighted by atomic mass is 79.9. The van der Waals surface area contributed by atoms with Crippen molar-refractivity contribution in [2.75, 3.05) is 6.54 Å². The van der Waals surface area contributed by atoms with E-state index in [-0.39, 0.29) is 24.0 Å². The molecule has 3 aromatic carbocycles. The van der Waals surface area contributed by atoms with Gasteiger partial charge in [0, 0.05) is 11.0 Å². The fourth-order valence-electron chi connectivity index (χ4n) is 3.80. The highest BCUT2D eigenvalue weighted by Crippen LogP contribution is 2.26. The summed E-state index contributed by atoms with van der Waals surface area (Å²) in [4.78, 5) is 13.2. The number of carbonyl (C=O) groups is 1. The van der Waals surface area contributed by atoms with Crippen molar-refractivity contribution in [2.45, 2.75) is 45.2 Å². The van der Waals surface area contributed by atoms with Crippen LogP contribution in [-0.4, -0.2) is 25.2 Å². The number of amides is 1. The Morgan fingerprint density at radius 1 is 0.943 bits per heavy atom. The normalized spacial score (nSPS) is 12.6. The van der Waals surface area contributed by atoms with Gasteiger partial charge in [-0.1, -0.05) is 57.3 Å². The summed E-state index contributed by atoms with van der Waals surface area (Å²) in [5.41, 5.74) is 4.99. The van der Waals surface area contributed by atoms with Gasteiger partial charge in [-0.2, -0.15) is 4.31 Å². The first kappa shape index (κ1) is 27.7. The molecule has 0 aliphatic carbocycles. The van der Waals surface area contributed by atoms with Crippen molar-refractivity contribution < 1.29 is 13.2 Å². The SMILES string of the molecule is Cc1cc(C)c([C@H](C)NC(=O)CN(Cc2ccc(Cl)c(Cl)c2)S(=O)(=O)c2ccc(Br)cc2)cc1C. The third kappa shape index (κ3) is 6.86. The second-order valence-corrected chi connectivity index (χ2v) is 12.2. The molecule has 1 amide bonds. The first-order chi connectivity index (χ1) is 16.4. The lowest BCUT2D eigenvalue weighted by Gasteiger charge is -2.24. The molecule has 0 radical (unpaired) electrons. The molecule has 0 aliphatic heterocycles. The van der Waals surface area contributed by atoms with Crippen LogP contribution in [0.4, 0.5) is 0 Å². The van der Waals surface area contributed by atoms with Crippen molar-refractivity contribution in [3.63, 3.8) is 0 Å². The molecule has 5 nitrogen and oxygen atoms in total. The molecule has 0 unspecified atom stereocenters. The Morgan fingerprint density at radius 3 is 2.20 bits per heavy atom. The van der Waals surface area contributed by atoms with Crippen LogP contribution in [0.15, 0.2) is 64.0 Å². The highest BCUT2D eigenvalue weighted by molar-refractivity contribution is 9.10. The number of hydrogen-bond acceptors (Lipinski definition) is 3. The minimum atomic E-state index is -3.98. The van der Waals surface area contributed by atoms with Gasteiger partial charge in [0.15, 0.2) is 0 Å². The Bertz CT molecular complexity index is 1350. The summed E-state index contributed by atoms with van der Waals surface area (Å²) in [6.07, 6.45) is 0.